The Bertz CT molecular complexity index is 1260. The molecule has 0 N–H and O–H groups in total. The van der Waals surface area contributed by atoms with Gasteiger partial charge < -0.3 is 9.15 Å². The highest BCUT2D eigenvalue weighted by Gasteiger charge is 2.23. The number of rotatable bonds is 4. The number of aryl methyl sites for hydroxylation is 1. The zero-order valence-corrected chi connectivity index (χ0v) is 18.9. The molecule has 152 valence electrons. The average Bonchev–Trinajstić information content (AvgIpc) is 3.27. The zero-order valence-electron chi connectivity index (χ0n) is 16.5. The molecule has 0 radical (unpaired) electrons. The van der Waals surface area contributed by atoms with Crippen molar-refractivity contribution in [3.8, 4) is 16.9 Å². The van der Waals surface area contributed by atoms with Crippen LogP contribution in [0.5, 0.6) is 5.75 Å². The molecule has 2 aromatic heterocycles. The summed E-state index contributed by atoms with van der Waals surface area (Å²) in [6, 6.07) is 15.7. The molecule has 1 aliphatic rings. The fraction of sp³-hybridized carbons (Fsp3) is 0.208. The first-order valence-corrected chi connectivity index (χ1v) is 11.5. The van der Waals surface area contributed by atoms with E-state index in [0.29, 0.717) is 35.6 Å². The van der Waals surface area contributed by atoms with Crippen LogP contribution in [0.3, 0.4) is 0 Å². The van der Waals surface area contributed by atoms with Crippen molar-refractivity contribution in [2.75, 3.05) is 13.3 Å². The largest absolute Gasteiger partial charge is 0.478 e. The van der Waals surface area contributed by atoms with Gasteiger partial charge in [0, 0.05) is 22.4 Å². The van der Waals surface area contributed by atoms with Crippen molar-refractivity contribution in [2.24, 2.45) is 0 Å². The molecule has 0 fully saturated rings. The molecular formula is C24H20BrNO3S. The molecule has 0 spiro atoms. The van der Waals surface area contributed by atoms with Crippen LogP contribution in [0.15, 0.2) is 67.6 Å². The van der Waals surface area contributed by atoms with E-state index in [1.165, 1.54) is 4.88 Å². The summed E-state index contributed by atoms with van der Waals surface area (Å²) in [6.45, 7) is 4.01. The number of thiophene rings is 1. The molecule has 0 saturated carbocycles. The van der Waals surface area contributed by atoms with Crippen LogP contribution in [0.4, 0.5) is 0 Å². The minimum Gasteiger partial charge on any atom is -0.478 e. The molecule has 5 rings (SSSR count). The lowest BCUT2D eigenvalue weighted by Crippen LogP contribution is -2.33. The van der Waals surface area contributed by atoms with Crippen molar-refractivity contribution < 1.29 is 9.15 Å². The van der Waals surface area contributed by atoms with Crippen LogP contribution in [0.2, 0.25) is 0 Å². The molecule has 0 amide bonds. The van der Waals surface area contributed by atoms with Crippen molar-refractivity contribution in [2.45, 2.75) is 19.9 Å². The topological polar surface area (TPSA) is 42.7 Å². The van der Waals surface area contributed by atoms with Gasteiger partial charge in [-0.3, -0.25) is 9.69 Å². The molecule has 2 aromatic carbocycles. The number of hydrogen-bond acceptors (Lipinski definition) is 5. The van der Waals surface area contributed by atoms with Crippen LogP contribution < -0.4 is 10.2 Å². The van der Waals surface area contributed by atoms with Crippen molar-refractivity contribution in [3.05, 3.63) is 84.8 Å². The van der Waals surface area contributed by atoms with Crippen LogP contribution in [0, 0.1) is 6.92 Å². The van der Waals surface area contributed by atoms with Crippen LogP contribution in [0.25, 0.3) is 22.1 Å². The van der Waals surface area contributed by atoms with Gasteiger partial charge in [0.1, 0.15) is 23.8 Å². The Morgan fingerprint density at radius 1 is 1.13 bits per heavy atom. The van der Waals surface area contributed by atoms with E-state index in [1.807, 2.05) is 43.3 Å². The SMILES string of the molecule is Cc1oc2c3c(ccc2c(=O)c1-c1ccc(Br)cc1)OCN(CCc1cccs1)C3. The van der Waals surface area contributed by atoms with Crippen LogP contribution in [-0.4, -0.2) is 18.2 Å². The minimum atomic E-state index is -0.00502. The average molecular weight is 482 g/mol. The maximum atomic E-state index is 13.4. The molecule has 0 bridgehead atoms. The van der Waals surface area contributed by atoms with Crippen LogP contribution in [0.1, 0.15) is 16.2 Å². The third-order valence-electron chi connectivity index (χ3n) is 5.47. The number of ether oxygens (including phenoxy) is 1. The summed E-state index contributed by atoms with van der Waals surface area (Å²) < 4.78 is 13.2. The van der Waals surface area contributed by atoms with E-state index in [2.05, 4.69) is 38.3 Å². The molecule has 6 heteroatoms. The molecule has 1 aliphatic heterocycles. The quantitative estimate of drug-likeness (QED) is 0.359. The van der Waals surface area contributed by atoms with Gasteiger partial charge in [-0.2, -0.15) is 0 Å². The first-order chi connectivity index (χ1) is 14.6. The Morgan fingerprint density at radius 2 is 1.97 bits per heavy atom. The summed E-state index contributed by atoms with van der Waals surface area (Å²) in [5, 5.41) is 2.70. The number of fused-ring (bicyclic) bond motifs is 3. The first-order valence-electron chi connectivity index (χ1n) is 9.83. The van der Waals surface area contributed by atoms with Crippen molar-refractivity contribution >= 4 is 38.2 Å². The standard InChI is InChI=1S/C24H20BrNO3S/c1-15-22(16-4-6-17(25)7-5-16)23(27)19-8-9-21-20(24(19)29-15)13-26(14-28-21)11-10-18-3-2-12-30-18/h2-9,12H,10-11,13-14H2,1H3. The van der Waals surface area contributed by atoms with Gasteiger partial charge in [-0.05, 0) is 54.6 Å². The van der Waals surface area contributed by atoms with Gasteiger partial charge in [0.25, 0.3) is 0 Å². The van der Waals surface area contributed by atoms with E-state index in [9.17, 15) is 4.79 Å². The molecule has 0 aliphatic carbocycles. The van der Waals surface area contributed by atoms with Gasteiger partial charge in [0.2, 0.25) is 5.43 Å². The van der Waals surface area contributed by atoms with E-state index < -0.39 is 0 Å². The summed E-state index contributed by atoms with van der Waals surface area (Å²) in [6.07, 6.45) is 0.984. The number of benzene rings is 2. The number of hydrogen-bond donors (Lipinski definition) is 0. The summed E-state index contributed by atoms with van der Waals surface area (Å²) in [5.41, 5.74) is 3.05. The fourth-order valence-electron chi connectivity index (χ4n) is 3.94. The van der Waals surface area contributed by atoms with Crippen LogP contribution in [-0.2, 0) is 13.0 Å². The van der Waals surface area contributed by atoms with Gasteiger partial charge in [-0.25, -0.2) is 0 Å². The number of nitrogens with zero attached hydrogens (tertiary/aromatic N) is 1. The highest BCUT2D eigenvalue weighted by molar-refractivity contribution is 9.10. The Balaban J connectivity index is 1.53. The summed E-state index contributed by atoms with van der Waals surface area (Å²) in [7, 11) is 0. The molecule has 4 aromatic rings. The summed E-state index contributed by atoms with van der Waals surface area (Å²) >= 11 is 5.22. The predicted molar refractivity (Wildman–Crippen MR) is 124 cm³/mol. The second-order valence-corrected chi connectivity index (χ2v) is 9.39. The second-order valence-electron chi connectivity index (χ2n) is 7.44. The smallest absolute Gasteiger partial charge is 0.200 e. The van der Waals surface area contributed by atoms with E-state index in [-0.39, 0.29) is 5.43 Å². The molecule has 0 saturated heterocycles. The predicted octanol–water partition coefficient (Wildman–Crippen LogP) is 5.99. The third-order valence-corrected chi connectivity index (χ3v) is 6.93. The normalized spacial score (nSPS) is 13.9. The first kappa shape index (κ1) is 19.5. The lowest BCUT2D eigenvalue weighted by atomic mass is 10.0. The number of halogens is 1. The molecular weight excluding hydrogens is 462 g/mol. The molecule has 30 heavy (non-hydrogen) atoms. The van der Waals surface area contributed by atoms with Gasteiger partial charge in [0.05, 0.1) is 16.5 Å². The Morgan fingerprint density at radius 3 is 2.73 bits per heavy atom. The second kappa shape index (κ2) is 8.02. The molecule has 0 atom stereocenters. The zero-order chi connectivity index (χ0) is 20.7. The Kier molecular flexibility index (Phi) is 5.23. The maximum Gasteiger partial charge on any atom is 0.200 e. The highest BCUT2D eigenvalue weighted by Crippen LogP contribution is 2.34. The van der Waals surface area contributed by atoms with Crippen molar-refractivity contribution in [1.82, 2.24) is 4.90 Å². The van der Waals surface area contributed by atoms with E-state index in [1.54, 1.807) is 11.3 Å². The van der Waals surface area contributed by atoms with Crippen molar-refractivity contribution in [1.29, 1.82) is 0 Å². The summed E-state index contributed by atoms with van der Waals surface area (Å²) in [4.78, 5) is 17.0. The van der Waals surface area contributed by atoms with Gasteiger partial charge in [0.15, 0.2) is 0 Å². The van der Waals surface area contributed by atoms with Crippen LogP contribution >= 0.6 is 27.3 Å². The molecule has 3 heterocycles. The lowest BCUT2D eigenvalue weighted by molar-refractivity contribution is 0.0970. The van der Waals surface area contributed by atoms with Crippen molar-refractivity contribution in [3.63, 3.8) is 0 Å². The van der Waals surface area contributed by atoms with Gasteiger partial charge >= 0.3 is 0 Å². The van der Waals surface area contributed by atoms with E-state index in [4.69, 9.17) is 9.15 Å². The summed E-state index contributed by atoms with van der Waals surface area (Å²) in [5.74, 6) is 1.42. The molecule has 0 unspecified atom stereocenters. The Hall–Kier alpha value is -2.41. The third kappa shape index (κ3) is 3.60. The van der Waals surface area contributed by atoms with Gasteiger partial charge in [-0.1, -0.05) is 34.1 Å². The minimum absolute atomic E-state index is 0.00502. The monoisotopic (exact) mass is 481 g/mol. The fourth-order valence-corrected chi connectivity index (χ4v) is 4.90. The van der Waals surface area contributed by atoms with E-state index in [0.717, 1.165) is 34.3 Å². The lowest BCUT2D eigenvalue weighted by Gasteiger charge is -2.29. The Labute approximate surface area is 186 Å². The molecule has 4 nitrogen and oxygen atoms in total. The highest BCUT2D eigenvalue weighted by atomic mass is 79.9. The van der Waals surface area contributed by atoms with Gasteiger partial charge in [-0.15, -0.1) is 11.3 Å². The van der Waals surface area contributed by atoms with E-state index >= 15 is 0 Å². The maximum absolute atomic E-state index is 13.4.